The zero-order valence-corrected chi connectivity index (χ0v) is 15.7. The highest BCUT2D eigenvalue weighted by molar-refractivity contribution is 5.97. The normalized spacial score (nSPS) is 14.1. The molecule has 1 heterocycles. The molecule has 0 fully saturated rings. The molecule has 0 N–H and O–H groups in total. The minimum Gasteiger partial charge on any atom is -0.496 e. The van der Waals surface area contributed by atoms with E-state index in [0.717, 1.165) is 12.0 Å². The number of methoxy groups -OCH3 is 2. The number of esters is 1. The van der Waals surface area contributed by atoms with Gasteiger partial charge in [0.2, 0.25) is 0 Å². The zero-order valence-electron chi connectivity index (χ0n) is 15.7. The molecule has 2 aromatic carbocycles. The van der Waals surface area contributed by atoms with E-state index >= 15 is 0 Å². The van der Waals surface area contributed by atoms with Crippen molar-refractivity contribution in [1.82, 2.24) is 4.90 Å². The van der Waals surface area contributed by atoms with Gasteiger partial charge in [-0.2, -0.15) is 0 Å². The van der Waals surface area contributed by atoms with Gasteiger partial charge in [0, 0.05) is 13.1 Å². The van der Waals surface area contributed by atoms with Crippen LogP contribution in [-0.4, -0.2) is 43.6 Å². The summed E-state index contributed by atoms with van der Waals surface area (Å²) >= 11 is 0. The first-order chi connectivity index (χ1) is 13.0. The van der Waals surface area contributed by atoms with Crippen molar-refractivity contribution in [1.29, 1.82) is 0 Å². The van der Waals surface area contributed by atoms with Gasteiger partial charge in [0.25, 0.3) is 5.91 Å². The summed E-state index contributed by atoms with van der Waals surface area (Å²) < 4.78 is 15.9. The third-order valence-corrected chi connectivity index (χ3v) is 4.71. The summed E-state index contributed by atoms with van der Waals surface area (Å²) in [7, 11) is 2.93. The fourth-order valence-corrected chi connectivity index (χ4v) is 3.26. The van der Waals surface area contributed by atoms with Crippen LogP contribution in [0, 0.1) is 0 Å². The van der Waals surface area contributed by atoms with E-state index in [0.29, 0.717) is 24.6 Å². The number of carbonyl (C=O) groups is 2. The molecule has 0 saturated heterocycles. The maximum absolute atomic E-state index is 12.8. The second kappa shape index (κ2) is 8.12. The van der Waals surface area contributed by atoms with Crippen LogP contribution in [0.4, 0.5) is 0 Å². The lowest BCUT2D eigenvalue weighted by Crippen LogP contribution is -2.42. The lowest BCUT2D eigenvalue weighted by molar-refractivity contribution is -0.140. The van der Waals surface area contributed by atoms with Crippen LogP contribution in [0.3, 0.4) is 0 Å². The summed E-state index contributed by atoms with van der Waals surface area (Å²) in [4.78, 5) is 27.1. The van der Waals surface area contributed by atoms with Gasteiger partial charge in [-0.25, -0.2) is 4.79 Å². The van der Waals surface area contributed by atoms with Gasteiger partial charge in [0.05, 0.1) is 14.2 Å². The minimum atomic E-state index is -0.905. The largest absolute Gasteiger partial charge is 0.496 e. The van der Waals surface area contributed by atoms with Gasteiger partial charge in [0.1, 0.15) is 17.1 Å². The second-order valence-corrected chi connectivity index (χ2v) is 6.36. The molecule has 0 bridgehead atoms. The highest BCUT2D eigenvalue weighted by Gasteiger charge is 2.29. The SMILES string of the molecule is COc1cccc(OC)c1C(=O)O[C@H](C)C(=O)N1CCc2ccccc2C1. The van der Waals surface area contributed by atoms with Crippen molar-refractivity contribution in [2.45, 2.75) is 26.0 Å². The van der Waals surface area contributed by atoms with Crippen LogP contribution >= 0.6 is 0 Å². The molecule has 0 unspecified atom stereocenters. The number of carbonyl (C=O) groups excluding carboxylic acids is 2. The van der Waals surface area contributed by atoms with Gasteiger partial charge in [0.15, 0.2) is 6.10 Å². The third kappa shape index (κ3) is 3.89. The first-order valence-electron chi connectivity index (χ1n) is 8.82. The van der Waals surface area contributed by atoms with Gasteiger partial charge in [-0.3, -0.25) is 4.79 Å². The van der Waals surface area contributed by atoms with Crippen LogP contribution in [0.5, 0.6) is 11.5 Å². The second-order valence-electron chi connectivity index (χ2n) is 6.36. The summed E-state index contributed by atoms with van der Waals surface area (Å²) in [5.74, 6) is -0.189. The molecule has 0 aliphatic carbocycles. The number of rotatable bonds is 5. The van der Waals surface area contributed by atoms with E-state index in [1.807, 2.05) is 18.2 Å². The first-order valence-corrected chi connectivity index (χ1v) is 8.82. The first kappa shape index (κ1) is 18.8. The van der Waals surface area contributed by atoms with E-state index in [1.165, 1.54) is 19.8 Å². The summed E-state index contributed by atoms with van der Waals surface area (Å²) in [6.45, 7) is 2.72. The van der Waals surface area contributed by atoms with Crippen LogP contribution in [0.2, 0.25) is 0 Å². The Balaban J connectivity index is 1.71. The molecule has 27 heavy (non-hydrogen) atoms. The molecule has 6 heteroatoms. The zero-order chi connectivity index (χ0) is 19.4. The van der Waals surface area contributed by atoms with Crippen LogP contribution in [-0.2, 0) is 22.5 Å². The third-order valence-electron chi connectivity index (χ3n) is 4.71. The molecule has 0 radical (unpaired) electrons. The molecule has 142 valence electrons. The Hall–Kier alpha value is -3.02. The summed E-state index contributed by atoms with van der Waals surface area (Å²) in [6.07, 6.45) is -0.111. The molecule has 0 saturated carbocycles. The molecule has 0 aromatic heterocycles. The maximum Gasteiger partial charge on any atom is 0.346 e. The molecule has 0 spiro atoms. The molecular formula is C21H23NO5. The number of nitrogens with zero attached hydrogens (tertiary/aromatic N) is 1. The summed E-state index contributed by atoms with van der Waals surface area (Å²) in [6, 6.07) is 13.1. The lowest BCUT2D eigenvalue weighted by Gasteiger charge is -2.30. The predicted octanol–water partition coefficient (Wildman–Crippen LogP) is 2.83. The summed E-state index contributed by atoms with van der Waals surface area (Å²) in [5, 5.41) is 0. The Morgan fingerprint density at radius 1 is 0.963 bits per heavy atom. The lowest BCUT2D eigenvalue weighted by atomic mass is 9.99. The molecule has 1 aliphatic rings. The number of hydrogen-bond donors (Lipinski definition) is 0. The Morgan fingerprint density at radius 3 is 2.22 bits per heavy atom. The van der Waals surface area contributed by atoms with Crippen LogP contribution in [0.1, 0.15) is 28.4 Å². The quantitative estimate of drug-likeness (QED) is 0.759. The number of fused-ring (bicyclic) bond motifs is 1. The average molecular weight is 369 g/mol. The number of benzene rings is 2. The van der Waals surface area contributed by atoms with Crippen LogP contribution < -0.4 is 9.47 Å². The van der Waals surface area contributed by atoms with Crippen molar-refractivity contribution >= 4 is 11.9 Å². The van der Waals surface area contributed by atoms with E-state index in [9.17, 15) is 9.59 Å². The van der Waals surface area contributed by atoms with Crippen LogP contribution in [0.15, 0.2) is 42.5 Å². The van der Waals surface area contributed by atoms with E-state index in [-0.39, 0.29) is 11.5 Å². The Morgan fingerprint density at radius 2 is 1.59 bits per heavy atom. The van der Waals surface area contributed by atoms with Crippen molar-refractivity contribution in [3.8, 4) is 11.5 Å². The van der Waals surface area contributed by atoms with Crippen molar-refractivity contribution in [3.63, 3.8) is 0 Å². The smallest absolute Gasteiger partial charge is 0.346 e. The maximum atomic E-state index is 12.8. The highest BCUT2D eigenvalue weighted by atomic mass is 16.6. The Kier molecular flexibility index (Phi) is 5.64. The van der Waals surface area contributed by atoms with Crippen molar-refractivity contribution in [2.75, 3.05) is 20.8 Å². The topological polar surface area (TPSA) is 65.1 Å². The van der Waals surface area contributed by atoms with Gasteiger partial charge in [-0.1, -0.05) is 30.3 Å². The summed E-state index contributed by atoms with van der Waals surface area (Å²) in [5.41, 5.74) is 2.55. The molecule has 1 atom stereocenters. The molecule has 1 aliphatic heterocycles. The fraction of sp³-hybridized carbons (Fsp3) is 0.333. The van der Waals surface area contributed by atoms with Crippen molar-refractivity contribution in [2.24, 2.45) is 0 Å². The number of amides is 1. The number of ether oxygens (including phenoxy) is 3. The van der Waals surface area contributed by atoms with E-state index in [2.05, 4.69) is 6.07 Å². The van der Waals surface area contributed by atoms with Gasteiger partial charge in [-0.05, 0) is 36.6 Å². The highest BCUT2D eigenvalue weighted by Crippen LogP contribution is 2.29. The molecule has 3 rings (SSSR count). The monoisotopic (exact) mass is 369 g/mol. The standard InChI is InChI=1S/C21H23NO5/c1-14(20(23)22-12-11-15-7-4-5-8-16(15)13-22)27-21(24)19-17(25-2)9-6-10-18(19)26-3/h4-10,14H,11-13H2,1-3H3/t14-/m1/s1. The van der Waals surface area contributed by atoms with Crippen LogP contribution in [0.25, 0.3) is 0 Å². The van der Waals surface area contributed by atoms with E-state index < -0.39 is 12.1 Å². The predicted molar refractivity (Wildman–Crippen MR) is 100.0 cm³/mol. The fourth-order valence-electron chi connectivity index (χ4n) is 3.26. The molecule has 6 nitrogen and oxygen atoms in total. The minimum absolute atomic E-state index is 0.172. The molecule has 1 amide bonds. The van der Waals surface area contributed by atoms with Crippen molar-refractivity contribution in [3.05, 3.63) is 59.2 Å². The Labute approximate surface area is 158 Å². The number of hydrogen-bond acceptors (Lipinski definition) is 5. The van der Waals surface area contributed by atoms with Crippen molar-refractivity contribution < 1.29 is 23.8 Å². The van der Waals surface area contributed by atoms with Gasteiger partial charge >= 0.3 is 5.97 Å². The Bertz CT molecular complexity index is 826. The molecule has 2 aromatic rings. The molecular weight excluding hydrogens is 346 g/mol. The average Bonchev–Trinajstić information content (AvgIpc) is 2.71. The van der Waals surface area contributed by atoms with Gasteiger partial charge < -0.3 is 19.1 Å². The van der Waals surface area contributed by atoms with E-state index in [4.69, 9.17) is 14.2 Å². The van der Waals surface area contributed by atoms with E-state index in [1.54, 1.807) is 30.0 Å². The van der Waals surface area contributed by atoms with Gasteiger partial charge in [-0.15, -0.1) is 0 Å².